The lowest BCUT2D eigenvalue weighted by Gasteiger charge is -2.13. The molecule has 1 N–H and O–H groups in total. The van der Waals surface area contributed by atoms with Crippen LogP contribution in [-0.4, -0.2) is 19.8 Å². The van der Waals surface area contributed by atoms with Crippen molar-refractivity contribution in [2.24, 2.45) is 0 Å². The van der Waals surface area contributed by atoms with Crippen molar-refractivity contribution in [3.63, 3.8) is 0 Å². The van der Waals surface area contributed by atoms with E-state index in [2.05, 4.69) is 21.2 Å². The van der Waals surface area contributed by atoms with Crippen LogP contribution in [0.5, 0.6) is 0 Å². The normalized spacial score (nSPS) is 12.8. The second kappa shape index (κ2) is 6.20. The SMILES string of the molecule is COC[C@@H](C)NCc1cc(Br)ccc1F. The molecular weight excluding hydrogens is 261 g/mol. The van der Waals surface area contributed by atoms with Gasteiger partial charge in [-0.15, -0.1) is 0 Å². The molecule has 0 radical (unpaired) electrons. The van der Waals surface area contributed by atoms with Crippen molar-refractivity contribution in [1.82, 2.24) is 5.32 Å². The Kier molecular flexibility index (Phi) is 5.22. The van der Waals surface area contributed by atoms with E-state index in [1.807, 2.05) is 6.92 Å². The Balaban J connectivity index is 2.53. The molecule has 0 amide bonds. The summed E-state index contributed by atoms with van der Waals surface area (Å²) in [7, 11) is 1.65. The van der Waals surface area contributed by atoms with Crippen LogP contribution in [0.2, 0.25) is 0 Å². The fraction of sp³-hybridized carbons (Fsp3) is 0.455. The van der Waals surface area contributed by atoms with Crippen LogP contribution in [0.25, 0.3) is 0 Å². The van der Waals surface area contributed by atoms with Gasteiger partial charge in [0.25, 0.3) is 0 Å². The Morgan fingerprint density at radius 3 is 2.93 bits per heavy atom. The van der Waals surface area contributed by atoms with Gasteiger partial charge in [0, 0.05) is 29.7 Å². The third kappa shape index (κ3) is 4.28. The summed E-state index contributed by atoms with van der Waals surface area (Å²) in [5, 5.41) is 3.18. The number of nitrogens with one attached hydrogen (secondary N) is 1. The summed E-state index contributed by atoms with van der Waals surface area (Å²) in [4.78, 5) is 0. The summed E-state index contributed by atoms with van der Waals surface area (Å²) < 4.78 is 19.2. The largest absolute Gasteiger partial charge is 0.383 e. The van der Waals surface area contributed by atoms with E-state index in [0.717, 1.165) is 4.47 Å². The van der Waals surface area contributed by atoms with Crippen molar-refractivity contribution in [3.8, 4) is 0 Å². The average Bonchev–Trinajstić information content (AvgIpc) is 2.20. The van der Waals surface area contributed by atoms with Gasteiger partial charge in [-0.3, -0.25) is 0 Å². The van der Waals surface area contributed by atoms with Crippen molar-refractivity contribution in [2.45, 2.75) is 19.5 Å². The fourth-order valence-electron chi connectivity index (χ4n) is 1.27. The zero-order valence-corrected chi connectivity index (χ0v) is 10.5. The maximum atomic E-state index is 13.3. The van der Waals surface area contributed by atoms with Crippen LogP contribution in [0.1, 0.15) is 12.5 Å². The molecule has 0 aliphatic heterocycles. The summed E-state index contributed by atoms with van der Waals surface area (Å²) in [5.74, 6) is -0.185. The first kappa shape index (κ1) is 12.6. The third-order valence-electron chi connectivity index (χ3n) is 2.07. The molecule has 15 heavy (non-hydrogen) atoms. The number of hydrogen-bond donors (Lipinski definition) is 1. The molecule has 1 rings (SSSR count). The highest BCUT2D eigenvalue weighted by Crippen LogP contribution is 2.15. The quantitative estimate of drug-likeness (QED) is 0.892. The molecule has 0 spiro atoms. The molecule has 0 aromatic heterocycles. The summed E-state index contributed by atoms with van der Waals surface area (Å²) in [6.07, 6.45) is 0. The molecule has 4 heteroatoms. The van der Waals surface area contributed by atoms with Gasteiger partial charge >= 0.3 is 0 Å². The molecule has 1 aromatic carbocycles. The van der Waals surface area contributed by atoms with Crippen LogP contribution in [0.15, 0.2) is 22.7 Å². The summed E-state index contributed by atoms with van der Waals surface area (Å²) in [5.41, 5.74) is 0.660. The lowest BCUT2D eigenvalue weighted by atomic mass is 10.2. The standard InChI is InChI=1S/C11H15BrFNO/c1-8(7-15-2)14-6-9-5-10(12)3-4-11(9)13/h3-5,8,14H,6-7H2,1-2H3/t8-/m1/s1. The van der Waals surface area contributed by atoms with Gasteiger partial charge in [0.05, 0.1) is 6.61 Å². The van der Waals surface area contributed by atoms with Gasteiger partial charge in [-0.25, -0.2) is 4.39 Å². The van der Waals surface area contributed by atoms with Crippen LogP contribution < -0.4 is 5.32 Å². The molecule has 84 valence electrons. The Bertz CT molecular complexity index is 319. The third-order valence-corrected chi connectivity index (χ3v) is 2.56. The number of rotatable bonds is 5. The first-order valence-corrected chi connectivity index (χ1v) is 5.59. The summed E-state index contributed by atoms with van der Waals surface area (Å²) in [6.45, 7) is 3.13. The molecule has 0 bridgehead atoms. The van der Waals surface area contributed by atoms with Gasteiger partial charge in [0.2, 0.25) is 0 Å². The summed E-state index contributed by atoms with van der Waals surface area (Å²) >= 11 is 3.31. The van der Waals surface area contributed by atoms with E-state index in [1.54, 1.807) is 19.2 Å². The first-order chi connectivity index (χ1) is 7.13. The molecule has 0 unspecified atom stereocenters. The monoisotopic (exact) mass is 275 g/mol. The van der Waals surface area contributed by atoms with E-state index >= 15 is 0 Å². The Morgan fingerprint density at radius 2 is 2.27 bits per heavy atom. The highest BCUT2D eigenvalue weighted by Gasteiger charge is 2.05. The minimum absolute atomic E-state index is 0.185. The van der Waals surface area contributed by atoms with Gasteiger partial charge in [0.15, 0.2) is 0 Å². The second-order valence-corrected chi connectivity index (χ2v) is 4.39. The van der Waals surface area contributed by atoms with Gasteiger partial charge in [0.1, 0.15) is 5.82 Å². The fourth-order valence-corrected chi connectivity index (χ4v) is 1.68. The predicted molar refractivity (Wildman–Crippen MR) is 62.3 cm³/mol. The number of benzene rings is 1. The van der Waals surface area contributed by atoms with E-state index in [1.165, 1.54) is 6.07 Å². The maximum absolute atomic E-state index is 13.3. The highest BCUT2D eigenvalue weighted by molar-refractivity contribution is 9.10. The lowest BCUT2D eigenvalue weighted by molar-refractivity contribution is 0.171. The number of halogens is 2. The topological polar surface area (TPSA) is 21.3 Å². The molecule has 1 aromatic rings. The van der Waals surface area contributed by atoms with E-state index in [-0.39, 0.29) is 11.9 Å². The van der Waals surface area contributed by atoms with Gasteiger partial charge in [-0.1, -0.05) is 15.9 Å². The van der Waals surface area contributed by atoms with Gasteiger partial charge < -0.3 is 10.1 Å². The smallest absolute Gasteiger partial charge is 0.127 e. The van der Waals surface area contributed by atoms with E-state index in [9.17, 15) is 4.39 Å². The van der Waals surface area contributed by atoms with Crippen LogP contribution in [-0.2, 0) is 11.3 Å². The zero-order chi connectivity index (χ0) is 11.3. The minimum atomic E-state index is -0.185. The molecule has 0 saturated heterocycles. The maximum Gasteiger partial charge on any atom is 0.127 e. The highest BCUT2D eigenvalue weighted by atomic mass is 79.9. The van der Waals surface area contributed by atoms with Crippen molar-refractivity contribution in [1.29, 1.82) is 0 Å². The predicted octanol–water partition coefficient (Wildman–Crippen LogP) is 2.71. The van der Waals surface area contributed by atoms with Crippen LogP contribution in [0.4, 0.5) is 4.39 Å². The van der Waals surface area contributed by atoms with Crippen LogP contribution in [0, 0.1) is 5.82 Å². The number of ether oxygens (including phenoxy) is 1. The molecule has 0 fully saturated rings. The number of hydrogen-bond acceptors (Lipinski definition) is 2. The van der Waals surface area contributed by atoms with Crippen molar-refractivity contribution >= 4 is 15.9 Å². The van der Waals surface area contributed by atoms with E-state index in [4.69, 9.17) is 4.74 Å². The van der Waals surface area contributed by atoms with Crippen molar-refractivity contribution in [2.75, 3.05) is 13.7 Å². The van der Waals surface area contributed by atoms with Crippen molar-refractivity contribution in [3.05, 3.63) is 34.1 Å². The number of methoxy groups -OCH3 is 1. The Hall–Kier alpha value is -0.450. The first-order valence-electron chi connectivity index (χ1n) is 4.79. The van der Waals surface area contributed by atoms with Crippen LogP contribution >= 0.6 is 15.9 Å². The average molecular weight is 276 g/mol. The van der Waals surface area contributed by atoms with E-state index in [0.29, 0.717) is 18.7 Å². The Morgan fingerprint density at radius 1 is 1.53 bits per heavy atom. The lowest BCUT2D eigenvalue weighted by Crippen LogP contribution is -2.29. The molecule has 0 aliphatic rings. The second-order valence-electron chi connectivity index (χ2n) is 3.47. The van der Waals surface area contributed by atoms with Crippen LogP contribution in [0.3, 0.4) is 0 Å². The van der Waals surface area contributed by atoms with Gasteiger partial charge in [-0.2, -0.15) is 0 Å². The summed E-state index contributed by atoms with van der Waals surface area (Å²) in [6, 6.07) is 5.15. The van der Waals surface area contributed by atoms with E-state index < -0.39 is 0 Å². The Labute approximate surface area is 98.0 Å². The molecule has 1 atom stereocenters. The molecule has 0 aliphatic carbocycles. The zero-order valence-electron chi connectivity index (χ0n) is 8.89. The minimum Gasteiger partial charge on any atom is -0.383 e. The van der Waals surface area contributed by atoms with Crippen molar-refractivity contribution < 1.29 is 9.13 Å². The van der Waals surface area contributed by atoms with Gasteiger partial charge in [-0.05, 0) is 25.1 Å². The molecule has 2 nitrogen and oxygen atoms in total. The molecule has 0 heterocycles. The molecular formula is C11H15BrFNO. The molecule has 0 saturated carbocycles.